The summed E-state index contributed by atoms with van der Waals surface area (Å²) in [7, 11) is 1.25. The third kappa shape index (κ3) is 5.99. The van der Waals surface area contributed by atoms with Gasteiger partial charge in [-0.15, -0.1) is 0 Å². The molecule has 0 radical (unpaired) electrons. The predicted molar refractivity (Wildman–Crippen MR) is 74.7 cm³/mol. The molecule has 0 aliphatic carbocycles. The van der Waals surface area contributed by atoms with Gasteiger partial charge in [-0.05, 0) is 30.7 Å². The minimum atomic E-state index is -4.39. The molecular weight excluding hydrogens is 299 g/mol. The smallest absolute Gasteiger partial charge is 0.416 e. The van der Waals surface area contributed by atoms with Gasteiger partial charge in [0.15, 0.2) is 0 Å². The van der Waals surface area contributed by atoms with Gasteiger partial charge < -0.3 is 10.1 Å². The topological polar surface area (TPSA) is 55.4 Å². The lowest BCUT2D eigenvalue weighted by Crippen LogP contribution is -2.33. The first-order chi connectivity index (χ1) is 10.2. The second-order valence-electron chi connectivity index (χ2n) is 4.64. The molecule has 0 bridgehead atoms. The first-order valence-electron chi connectivity index (χ1n) is 6.45. The molecule has 4 nitrogen and oxygen atoms in total. The zero-order valence-electron chi connectivity index (χ0n) is 12.1. The molecule has 7 heteroatoms. The van der Waals surface area contributed by atoms with Crippen molar-refractivity contribution >= 4 is 18.0 Å². The van der Waals surface area contributed by atoms with Gasteiger partial charge in [0.2, 0.25) is 5.91 Å². The molecule has 0 aliphatic rings. The van der Waals surface area contributed by atoms with E-state index in [2.05, 4.69) is 10.1 Å². The maximum atomic E-state index is 12.4. The maximum absolute atomic E-state index is 12.4. The van der Waals surface area contributed by atoms with E-state index in [0.717, 1.165) is 12.1 Å². The van der Waals surface area contributed by atoms with Crippen LogP contribution in [0.2, 0.25) is 0 Å². The molecule has 0 aliphatic heterocycles. The molecule has 0 saturated carbocycles. The average Bonchev–Trinajstić information content (AvgIpc) is 2.44. The first-order valence-corrected chi connectivity index (χ1v) is 6.45. The van der Waals surface area contributed by atoms with E-state index in [0.29, 0.717) is 5.56 Å². The van der Waals surface area contributed by atoms with Gasteiger partial charge in [0.25, 0.3) is 0 Å². The summed E-state index contributed by atoms with van der Waals surface area (Å²) in [6.45, 7) is 1.64. The number of rotatable bonds is 5. The van der Waals surface area contributed by atoms with Crippen LogP contribution in [0.4, 0.5) is 13.2 Å². The van der Waals surface area contributed by atoms with Crippen molar-refractivity contribution in [3.8, 4) is 0 Å². The van der Waals surface area contributed by atoms with Crippen LogP contribution in [0.3, 0.4) is 0 Å². The summed E-state index contributed by atoms with van der Waals surface area (Å²) in [5.74, 6) is -0.893. The molecule has 0 aromatic heterocycles. The van der Waals surface area contributed by atoms with E-state index in [1.165, 1.54) is 31.4 Å². The molecule has 1 N–H and O–H groups in total. The molecule has 1 aromatic carbocycles. The van der Waals surface area contributed by atoms with Crippen LogP contribution in [0.1, 0.15) is 24.5 Å². The van der Waals surface area contributed by atoms with Crippen LogP contribution in [0.15, 0.2) is 30.3 Å². The lowest BCUT2D eigenvalue weighted by molar-refractivity contribution is -0.141. The maximum Gasteiger partial charge on any atom is 0.416 e. The molecule has 22 heavy (non-hydrogen) atoms. The van der Waals surface area contributed by atoms with Crippen molar-refractivity contribution in [2.75, 3.05) is 7.11 Å². The quantitative estimate of drug-likeness (QED) is 0.671. The summed E-state index contributed by atoms with van der Waals surface area (Å²) in [5, 5.41) is 2.54. The number of amides is 1. The third-order valence-corrected chi connectivity index (χ3v) is 2.75. The fraction of sp³-hybridized carbons (Fsp3) is 0.333. The van der Waals surface area contributed by atoms with Crippen LogP contribution in [0.25, 0.3) is 6.08 Å². The van der Waals surface area contributed by atoms with Crippen molar-refractivity contribution < 1.29 is 27.5 Å². The standard InChI is InChI=1S/C15H16F3NO3/c1-10(9-14(21)22-2)19-13(20)8-5-11-3-6-12(7-4-11)15(16,17)18/h3-8,10H,9H2,1-2H3,(H,19,20)/b8-5+. The Morgan fingerprint density at radius 3 is 2.36 bits per heavy atom. The highest BCUT2D eigenvalue weighted by molar-refractivity contribution is 5.92. The molecule has 1 unspecified atom stereocenters. The van der Waals surface area contributed by atoms with E-state index in [1.54, 1.807) is 6.92 Å². The molecular formula is C15H16F3NO3. The summed E-state index contributed by atoms with van der Waals surface area (Å²) in [6, 6.07) is 4.02. The van der Waals surface area contributed by atoms with Crippen LogP contribution >= 0.6 is 0 Å². The highest BCUT2D eigenvalue weighted by atomic mass is 19.4. The lowest BCUT2D eigenvalue weighted by Gasteiger charge is -2.10. The van der Waals surface area contributed by atoms with Gasteiger partial charge >= 0.3 is 12.1 Å². The lowest BCUT2D eigenvalue weighted by atomic mass is 10.1. The summed E-state index contributed by atoms with van der Waals surface area (Å²) in [6.07, 6.45) is -1.77. The Labute approximate surface area is 126 Å². The van der Waals surface area contributed by atoms with E-state index in [-0.39, 0.29) is 6.42 Å². The highest BCUT2D eigenvalue weighted by Gasteiger charge is 2.29. The fourth-order valence-electron chi connectivity index (χ4n) is 1.63. The average molecular weight is 315 g/mol. The van der Waals surface area contributed by atoms with E-state index < -0.39 is 29.7 Å². The molecule has 120 valence electrons. The van der Waals surface area contributed by atoms with Gasteiger partial charge in [-0.2, -0.15) is 13.2 Å². The summed E-state index contributed by atoms with van der Waals surface area (Å²) >= 11 is 0. The summed E-state index contributed by atoms with van der Waals surface area (Å²) < 4.78 is 41.6. The Bertz CT molecular complexity index is 550. The number of alkyl halides is 3. The first kappa shape index (κ1) is 17.7. The van der Waals surface area contributed by atoms with Crippen LogP contribution in [-0.4, -0.2) is 25.0 Å². The van der Waals surface area contributed by atoms with E-state index in [4.69, 9.17) is 0 Å². The zero-order chi connectivity index (χ0) is 16.8. The molecule has 1 amide bonds. The molecule has 0 saturated heterocycles. The van der Waals surface area contributed by atoms with Crippen LogP contribution in [-0.2, 0) is 20.5 Å². The van der Waals surface area contributed by atoms with Gasteiger partial charge in [-0.3, -0.25) is 9.59 Å². The number of nitrogens with one attached hydrogen (secondary N) is 1. The number of hydrogen-bond donors (Lipinski definition) is 1. The van der Waals surface area contributed by atoms with Crippen molar-refractivity contribution in [3.05, 3.63) is 41.5 Å². The number of hydrogen-bond acceptors (Lipinski definition) is 3. The third-order valence-electron chi connectivity index (χ3n) is 2.75. The number of methoxy groups -OCH3 is 1. The van der Waals surface area contributed by atoms with E-state index in [1.807, 2.05) is 0 Å². The Hall–Kier alpha value is -2.31. The monoisotopic (exact) mass is 315 g/mol. The summed E-state index contributed by atoms with van der Waals surface area (Å²) in [5.41, 5.74) is -0.287. The number of halogens is 3. The Morgan fingerprint density at radius 2 is 1.86 bits per heavy atom. The molecule has 0 fully saturated rings. The molecule has 1 rings (SSSR count). The number of carbonyl (C=O) groups is 2. The van der Waals surface area contributed by atoms with Gasteiger partial charge in [0.1, 0.15) is 0 Å². The molecule has 1 aromatic rings. The van der Waals surface area contributed by atoms with Crippen molar-refractivity contribution in [1.82, 2.24) is 5.32 Å². The molecule has 0 spiro atoms. The molecule has 0 heterocycles. The van der Waals surface area contributed by atoms with Crippen molar-refractivity contribution in [2.24, 2.45) is 0 Å². The van der Waals surface area contributed by atoms with Crippen molar-refractivity contribution in [3.63, 3.8) is 0 Å². The Kier molecular flexibility index (Phi) is 6.15. The van der Waals surface area contributed by atoms with Gasteiger partial charge in [-0.25, -0.2) is 0 Å². The minimum Gasteiger partial charge on any atom is -0.469 e. The van der Waals surface area contributed by atoms with Gasteiger partial charge in [0.05, 0.1) is 19.1 Å². The number of carbonyl (C=O) groups excluding carboxylic acids is 2. The Morgan fingerprint density at radius 1 is 1.27 bits per heavy atom. The number of ether oxygens (including phenoxy) is 1. The van der Waals surface area contributed by atoms with Gasteiger partial charge in [0, 0.05) is 12.1 Å². The van der Waals surface area contributed by atoms with E-state index in [9.17, 15) is 22.8 Å². The zero-order valence-corrected chi connectivity index (χ0v) is 12.1. The van der Waals surface area contributed by atoms with Crippen LogP contribution in [0.5, 0.6) is 0 Å². The normalized spacial score (nSPS) is 13.0. The minimum absolute atomic E-state index is 0.0381. The van der Waals surface area contributed by atoms with E-state index >= 15 is 0 Å². The SMILES string of the molecule is COC(=O)CC(C)NC(=O)/C=C/c1ccc(C(F)(F)F)cc1. The van der Waals surface area contributed by atoms with Crippen molar-refractivity contribution in [2.45, 2.75) is 25.6 Å². The summed E-state index contributed by atoms with van der Waals surface area (Å²) in [4.78, 5) is 22.6. The molecule has 1 atom stereocenters. The largest absolute Gasteiger partial charge is 0.469 e. The Balaban J connectivity index is 2.57. The van der Waals surface area contributed by atoms with Crippen LogP contribution < -0.4 is 5.32 Å². The van der Waals surface area contributed by atoms with Crippen LogP contribution in [0, 0.1) is 0 Å². The van der Waals surface area contributed by atoms with Gasteiger partial charge in [-0.1, -0.05) is 12.1 Å². The second-order valence-corrected chi connectivity index (χ2v) is 4.64. The number of benzene rings is 1. The van der Waals surface area contributed by atoms with Crippen molar-refractivity contribution in [1.29, 1.82) is 0 Å². The predicted octanol–water partition coefficient (Wildman–Crippen LogP) is 2.79. The second kappa shape index (κ2) is 7.63. The highest BCUT2D eigenvalue weighted by Crippen LogP contribution is 2.29. The number of esters is 1. The fourth-order valence-corrected chi connectivity index (χ4v) is 1.63.